The van der Waals surface area contributed by atoms with Crippen molar-refractivity contribution < 1.29 is 26.3 Å². The highest BCUT2D eigenvalue weighted by Gasteiger charge is 2.32. The van der Waals surface area contributed by atoms with Gasteiger partial charge in [-0.3, -0.25) is 0 Å². The van der Waals surface area contributed by atoms with Crippen molar-refractivity contribution in [1.82, 2.24) is 0 Å². The quantitative estimate of drug-likeness (QED) is 0.779. The molecule has 0 radical (unpaired) electrons. The van der Waals surface area contributed by atoms with Crippen molar-refractivity contribution in [3.05, 3.63) is 23.8 Å². The summed E-state index contributed by atoms with van der Waals surface area (Å²) in [5.41, 5.74) is -0.185. The molecular formula is C8H6ClF3O3S. The standard InChI is InChI=1S/C8H6ClF3O3S/c1-5-6(15-8(10,11)12)3-2-4-7(5)16(9,13)14/h2-4H,1H3. The summed E-state index contributed by atoms with van der Waals surface area (Å²) in [4.78, 5) is -0.407. The second-order valence-corrected chi connectivity index (χ2v) is 5.40. The number of hydrogen-bond donors (Lipinski definition) is 0. The lowest BCUT2D eigenvalue weighted by Gasteiger charge is -2.12. The molecule has 0 unspecified atom stereocenters. The van der Waals surface area contributed by atoms with Crippen LogP contribution in [0.3, 0.4) is 0 Å². The Morgan fingerprint density at radius 2 is 1.88 bits per heavy atom. The number of rotatable bonds is 2. The first-order chi connectivity index (χ1) is 7.11. The minimum Gasteiger partial charge on any atom is -0.405 e. The average Bonchev–Trinajstić information content (AvgIpc) is 2.04. The van der Waals surface area contributed by atoms with Gasteiger partial charge in [0.15, 0.2) is 0 Å². The van der Waals surface area contributed by atoms with Gasteiger partial charge in [0.05, 0.1) is 4.90 Å². The fourth-order valence-electron chi connectivity index (χ4n) is 1.09. The molecular weight excluding hydrogens is 269 g/mol. The number of ether oxygens (including phenoxy) is 1. The molecule has 0 aliphatic carbocycles. The van der Waals surface area contributed by atoms with Crippen molar-refractivity contribution in [3.8, 4) is 5.75 Å². The second-order valence-electron chi connectivity index (χ2n) is 2.86. The molecule has 8 heteroatoms. The van der Waals surface area contributed by atoms with Crippen LogP contribution in [-0.2, 0) is 9.05 Å². The third-order valence-corrected chi connectivity index (χ3v) is 3.19. The number of hydrogen-bond acceptors (Lipinski definition) is 3. The molecule has 16 heavy (non-hydrogen) atoms. The van der Waals surface area contributed by atoms with Crippen molar-refractivity contribution in [2.45, 2.75) is 18.2 Å². The number of alkyl halides is 3. The first-order valence-corrected chi connectivity index (χ1v) is 6.22. The Morgan fingerprint density at radius 1 is 1.31 bits per heavy atom. The number of benzene rings is 1. The highest BCUT2D eigenvalue weighted by Crippen LogP contribution is 2.31. The summed E-state index contributed by atoms with van der Waals surface area (Å²) in [7, 11) is 0.956. The van der Waals surface area contributed by atoms with Gasteiger partial charge < -0.3 is 4.74 Å². The minimum atomic E-state index is -4.88. The molecule has 0 spiro atoms. The van der Waals surface area contributed by atoms with Gasteiger partial charge in [-0.2, -0.15) is 0 Å². The molecule has 1 aromatic rings. The molecule has 0 bridgehead atoms. The summed E-state index contributed by atoms with van der Waals surface area (Å²) >= 11 is 0. The molecule has 0 amide bonds. The first kappa shape index (κ1) is 13.1. The Morgan fingerprint density at radius 3 is 2.31 bits per heavy atom. The monoisotopic (exact) mass is 274 g/mol. The van der Waals surface area contributed by atoms with Crippen LogP contribution in [0.15, 0.2) is 23.1 Å². The normalized spacial score (nSPS) is 12.6. The van der Waals surface area contributed by atoms with Crippen LogP contribution in [0.1, 0.15) is 5.56 Å². The third-order valence-electron chi connectivity index (χ3n) is 1.72. The SMILES string of the molecule is Cc1c(OC(F)(F)F)cccc1S(=O)(=O)Cl. The topological polar surface area (TPSA) is 43.4 Å². The highest BCUT2D eigenvalue weighted by molar-refractivity contribution is 8.13. The van der Waals surface area contributed by atoms with Crippen LogP contribution in [0.25, 0.3) is 0 Å². The molecule has 1 aromatic carbocycles. The molecule has 0 saturated carbocycles. The van der Waals surface area contributed by atoms with Gasteiger partial charge in [-0.1, -0.05) is 6.07 Å². The van der Waals surface area contributed by atoms with E-state index < -0.39 is 26.1 Å². The van der Waals surface area contributed by atoms with Crippen molar-refractivity contribution in [3.63, 3.8) is 0 Å². The summed E-state index contributed by atoms with van der Waals surface area (Å²) in [6.07, 6.45) is -4.88. The van der Waals surface area contributed by atoms with Gasteiger partial charge in [0.2, 0.25) is 0 Å². The van der Waals surface area contributed by atoms with E-state index in [1.807, 2.05) is 0 Å². The summed E-state index contributed by atoms with van der Waals surface area (Å²) < 4.78 is 61.5. The molecule has 0 heterocycles. The lowest BCUT2D eigenvalue weighted by atomic mass is 10.2. The largest absolute Gasteiger partial charge is 0.573 e. The number of halogens is 4. The Hall–Kier alpha value is -0.950. The van der Waals surface area contributed by atoms with Gasteiger partial charge in [-0.05, 0) is 19.1 Å². The van der Waals surface area contributed by atoms with E-state index in [1.165, 1.54) is 6.92 Å². The molecule has 90 valence electrons. The fourth-order valence-corrected chi connectivity index (χ4v) is 2.30. The van der Waals surface area contributed by atoms with E-state index in [0.29, 0.717) is 0 Å². The van der Waals surface area contributed by atoms with Gasteiger partial charge >= 0.3 is 6.36 Å². The average molecular weight is 275 g/mol. The molecule has 0 aliphatic heterocycles. The molecule has 1 rings (SSSR count). The van der Waals surface area contributed by atoms with Crippen molar-refractivity contribution in [2.24, 2.45) is 0 Å². The van der Waals surface area contributed by atoms with Gasteiger partial charge in [0, 0.05) is 16.2 Å². The van der Waals surface area contributed by atoms with E-state index in [-0.39, 0.29) is 5.56 Å². The Labute approximate surface area is 94.2 Å². The smallest absolute Gasteiger partial charge is 0.405 e. The summed E-state index contributed by atoms with van der Waals surface area (Å²) in [6.45, 7) is 1.18. The van der Waals surface area contributed by atoms with E-state index in [1.54, 1.807) is 0 Å². The summed E-state index contributed by atoms with van der Waals surface area (Å²) in [6, 6.07) is 3.22. The molecule has 0 fully saturated rings. The van der Waals surface area contributed by atoms with E-state index >= 15 is 0 Å². The van der Waals surface area contributed by atoms with Crippen LogP contribution in [0.4, 0.5) is 13.2 Å². The van der Waals surface area contributed by atoms with Gasteiger partial charge in [-0.25, -0.2) is 8.42 Å². The summed E-state index contributed by atoms with van der Waals surface area (Å²) in [5, 5.41) is 0. The third kappa shape index (κ3) is 3.28. The van der Waals surface area contributed by atoms with Gasteiger partial charge in [0.1, 0.15) is 5.75 Å². The predicted octanol–water partition coefficient (Wildman–Crippen LogP) is 2.82. The zero-order valence-electron chi connectivity index (χ0n) is 7.88. The van der Waals surface area contributed by atoms with E-state index in [9.17, 15) is 21.6 Å². The summed E-state index contributed by atoms with van der Waals surface area (Å²) in [5.74, 6) is -0.589. The van der Waals surface area contributed by atoms with E-state index in [2.05, 4.69) is 4.74 Å². The highest BCUT2D eigenvalue weighted by atomic mass is 35.7. The van der Waals surface area contributed by atoms with E-state index in [4.69, 9.17) is 10.7 Å². The Kier molecular flexibility index (Phi) is 3.39. The molecule has 0 saturated heterocycles. The maximum Gasteiger partial charge on any atom is 0.573 e. The van der Waals surface area contributed by atoms with Gasteiger partial charge in [0.25, 0.3) is 9.05 Å². The van der Waals surface area contributed by atoms with Crippen LogP contribution >= 0.6 is 10.7 Å². The van der Waals surface area contributed by atoms with Crippen LogP contribution in [-0.4, -0.2) is 14.8 Å². The minimum absolute atomic E-state index is 0.185. The lowest BCUT2D eigenvalue weighted by molar-refractivity contribution is -0.274. The Bertz CT molecular complexity index is 496. The maximum absolute atomic E-state index is 11.9. The van der Waals surface area contributed by atoms with Crippen LogP contribution in [0.5, 0.6) is 5.75 Å². The maximum atomic E-state index is 11.9. The molecule has 3 nitrogen and oxygen atoms in total. The molecule has 0 aromatic heterocycles. The van der Waals surface area contributed by atoms with Crippen LogP contribution in [0, 0.1) is 6.92 Å². The van der Waals surface area contributed by atoms with Crippen molar-refractivity contribution in [2.75, 3.05) is 0 Å². The van der Waals surface area contributed by atoms with Gasteiger partial charge in [-0.15, -0.1) is 13.2 Å². The Balaban J connectivity index is 3.25. The zero-order valence-corrected chi connectivity index (χ0v) is 9.45. The zero-order chi connectivity index (χ0) is 12.6. The second kappa shape index (κ2) is 4.14. The molecule has 0 aliphatic rings. The predicted molar refractivity (Wildman–Crippen MR) is 50.9 cm³/mol. The molecule has 0 atom stereocenters. The van der Waals surface area contributed by atoms with Crippen molar-refractivity contribution in [1.29, 1.82) is 0 Å². The van der Waals surface area contributed by atoms with Crippen LogP contribution in [0.2, 0.25) is 0 Å². The lowest BCUT2D eigenvalue weighted by Crippen LogP contribution is -2.18. The first-order valence-electron chi connectivity index (χ1n) is 3.91. The fraction of sp³-hybridized carbons (Fsp3) is 0.250. The van der Waals surface area contributed by atoms with Crippen molar-refractivity contribution >= 4 is 19.7 Å². The van der Waals surface area contributed by atoms with E-state index in [0.717, 1.165) is 18.2 Å². The van der Waals surface area contributed by atoms with Crippen LogP contribution < -0.4 is 4.74 Å². The molecule has 0 N–H and O–H groups in total.